The molecule has 1 unspecified atom stereocenters. The number of carbonyl (C=O) groups is 1. The highest BCUT2D eigenvalue weighted by molar-refractivity contribution is 5.75. The van der Waals surface area contributed by atoms with Crippen molar-refractivity contribution in [2.45, 2.75) is 19.5 Å². The highest BCUT2D eigenvalue weighted by Gasteiger charge is 2.17. The van der Waals surface area contributed by atoms with Crippen LogP contribution in [-0.2, 0) is 11.3 Å². The van der Waals surface area contributed by atoms with Gasteiger partial charge < -0.3 is 10.0 Å². The number of pyridine rings is 1. The maximum absolute atomic E-state index is 12.0. The minimum Gasteiger partial charge on any atom is -0.394 e. The minimum atomic E-state index is -0.353. The van der Waals surface area contributed by atoms with E-state index in [0.29, 0.717) is 5.65 Å². The van der Waals surface area contributed by atoms with Gasteiger partial charge in [0.1, 0.15) is 6.54 Å². The van der Waals surface area contributed by atoms with Gasteiger partial charge in [-0.1, -0.05) is 6.07 Å². The van der Waals surface area contributed by atoms with E-state index in [-0.39, 0.29) is 30.8 Å². The van der Waals surface area contributed by atoms with E-state index in [9.17, 15) is 9.59 Å². The monoisotopic (exact) mass is 264 g/mol. The van der Waals surface area contributed by atoms with Crippen molar-refractivity contribution >= 4 is 11.6 Å². The third kappa shape index (κ3) is 2.50. The summed E-state index contributed by atoms with van der Waals surface area (Å²) in [5, 5.41) is 13.1. The van der Waals surface area contributed by atoms with Crippen LogP contribution in [0, 0.1) is 0 Å². The van der Waals surface area contributed by atoms with Crippen molar-refractivity contribution in [1.29, 1.82) is 0 Å². The van der Waals surface area contributed by atoms with Crippen LogP contribution >= 0.6 is 0 Å². The van der Waals surface area contributed by atoms with Gasteiger partial charge in [0.2, 0.25) is 5.91 Å². The molecule has 0 aliphatic carbocycles. The van der Waals surface area contributed by atoms with E-state index in [1.807, 2.05) is 0 Å². The number of aliphatic hydroxyl groups excluding tert-OH is 1. The minimum absolute atomic E-state index is 0.123. The molecular formula is C12H16N4O3. The van der Waals surface area contributed by atoms with E-state index in [4.69, 9.17) is 5.11 Å². The van der Waals surface area contributed by atoms with Gasteiger partial charge in [0, 0.05) is 13.2 Å². The van der Waals surface area contributed by atoms with Crippen LogP contribution in [0.1, 0.15) is 6.92 Å². The van der Waals surface area contributed by atoms with Gasteiger partial charge in [-0.3, -0.25) is 9.20 Å². The number of fused-ring (bicyclic) bond motifs is 1. The molecule has 0 saturated carbocycles. The van der Waals surface area contributed by atoms with E-state index in [0.717, 1.165) is 4.68 Å². The zero-order valence-corrected chi connectivity index (χ0v) is 10.9. The van der Waals surface area contributed by atoms with Crippen LogP contribution in [0.4, 0.5) is 0 Å². The molecule has 2 aromatic heterocycles. The number of carbonyl (C=O) groups excluding carboxylic acids is 1. The maximum Gasteiger partial charge on any atom is 0.350 e. The van der Waals surface area contributed by atoms with Crippen LogP contribution < -0.4 is 5.69 Å². The van der Waals surface area contributed by atoms with E-state index < -0.39 is 0 Å². The Balaban J connectivity index is 2.24. The van der Waals surface area contributed by atoms with Crippen LogP contribution in [0.3, 0.4) is 0 Å². The summed E-state index contributed by atoms with van der Waals surface area (Å²) < 4.78 is 2.50. The van der Waals surface area contributed by atoms with Gasteiger partial charge in [-0.05, 0) is 19.1 Å². The van der Waals surface area contributed by atoms with Crippen molar-refractivity contribution in [3.05, 3.63) is 34.9 Å². The normalized spacial score (nSPS) is 12.6. The van der Waals surface area contributed by atoms with Crippen LogP contribution in [-0.4, -0.2) is 49.8 Å². The third-order valence-electron chi connectivity index (χ3n) is 3.09. The van der Waals surface area contributed by atoms with Gasteiger partial charge in [-0.25, -0.2) is 9.48 Å². The average Bonchev–Trinajstić information content (AvgIpc) is 2.74. The van der Waals surface area contributed by atoms with E-state index >= 15 is 0 Å². The molecule has 1 atom stereocenters. The molecule has 0 aliphatic rings. The summed E-state index contributed by atoms with van der Waals surface area (Å²) in [5.74, 6) is -0.271. The first-order valence-electron chi connectivity index (χ1n) is 5.95. The van der Waals surface area contributed by atoms with Crippen LogP contribution in [0.15, 0.2) is 29.2 Å². The Morgan fingerprint density at radius 2 is 2.26 bits per heavy atom. The number of nitrogens with zero attached hydrogens (tertiary/aromatic N) is 4. The topological polar surface area (TPSA) is 79.8 Å². The molecule has 2 aromatic rings. The SMILES string of the molecule is CC(CO)N(C)C(=O)Cn1nc2ccccn2c1=O. The van der Waals surface area contributed by atoms with Gasteiger partial charge in [-0.2, -0.15) is 0 Å². The van der Waals surface area contributed by atoms with Crippen molar-refractivity contribution in [3.63, 3.8) is 0 Å². The quantitative estimate of drug-likeness (QED) is 0.794. The van der Waals surface area contributed by atoms with E-state index in [1.54, 1.807) is 38.4 Å². The highest BCUT2D eigenvalue weighted by atomic mass is 16.3. The average molecular weight is 264 g/mol. The summed E-state index contributed by atoms with van der Waals surface area (Å²) >= 11 is 0. The molecule has 0 aromatic carbocycles. The molecule has 0 saturated heterocycles. The summed E-state index contributed by atoms with van der Waals surface area (Å²) in [6, 6.07) is 4.90. The lowest BCUT2D eigenvalue weighted by molar-refractivity contribution is -0.133. The van der Waals surface area contributed by atoms with Crippen LogP contribution in [0.5, 0.6) is 0 Å². The summed E-state index contributed by atoms with van der Waals surface area (Å²) in [6.45, 7) is 1.47. The van der Waals surface area contributed by atoms with Gasteiger partial charge in [-0.15, -0.1) is 5.10 Å². The standard InChI is InChI=1S/C12H16N4O3/c1-9(8-17)14(2)11(18)7-16-12(19)15-6-4-3-5-10(15)13-16/h3-6,9,17H,7-8H2,1-2H3. The van der Waals surface area contributed by atoms with Crippen LogP contribution in [0.25, 0.3) is 5.65 Å². The fourth-order valence-corrected chi connectivity index (χ4v) is 1.68. The second-order valence-corrected chi connectivity index (χ2v) is 4.41. The Labute approximate surface area is 109 Å². The predicted molar refractivity (Wildman–Crippen MR) is 68.8 cm³/mol. The lowest BCUT2D eigenvalue weighted by Crippen LogP contribution is -2.40. The molecule has 1 amide bonds. The fourth-order valence-electron chi connectivity index (χ4n) is 1.68. The number of likely N-dealkylation sites (N-methyl/N-ethyl adjacent to an activating group) is 1. The number of aliphatic hydroxyl groups is 1. The Morgan fingerprint density at radius 1 is 1.53 bits per heavy atom. The van der Waals surface area contributed by atoms with Crippen molar-refractivity contribution < 1.29 is 9.90 Å². The molecule has 1 N–H and O–H groups in total. The van der Waals surface area contributed by atoms with Crippen molar-refractivity contribution in [2.75, 3.05) is 13.7 Å². The molecule has 0 fully saturated rings. The Morgan fingerprint density at radius 3 is 2.89 bits per heavy atom. The lowest BCUT2D eigenvalue weighted by Gasteiger charge is -2.22. The molecule has 0 bridgehead atoms. The lowest BCUT2D eigenvalue weighted by atomic mass is 10.3. The number of hydrogen-bond acceptors (Lipinski definition) is 4. The first kappa shape index (κ1) is 13.3. The van der Waals surface area contributed by atoms with Crippen LogP contribution in [0.2, 0.25) is 0 Å². The molecule has 7 heteroatoms. The number of rotatable bonds is 4. The predicted octanol–water partition coefficient (Wildman–Crippen LogP) is -0.665. The summed E-state index contributed by atoms with van der Waals surface area (Å²) in [4.78, 5) is 25.3. The Kier molecular flexibility index (Phi) is 3.66. The van der Waals surface area contributed by atoms with Crippen molar-refractivity contribution in [3.8, 4) is 0 Å². The van der Waals surface area contributed by atoms with Gasteiger partial charge in [0.25, 0.3) is 0 Å². The Hall–Kier alpha value is -2.15. The second-order valence-electron chi connectivity index (χ2n) is 4.41. The largest absolute Gasteiger partial charge is 0.394 e. The first-order chi connectivity index (χ1) is 9.04. The molecule has 0 spiro atoms. The molecule has 102 valence electrons. The van der Waals surface area contributed by atoms with Gasteiger partial charge >= 0.3 is 5.69 Å². The highest BCUT2D eigenvalue weighted by Crippen LogP contribution is 1.98. The van der Waals surface area contributed by atoms with Gasteiger partial charge in [0.15, 0.2) is 5.65 Å². The fraction of sp³-hybridized carbons (Fsp3) is 0.417. The second kappa shape index (κ2) is 5.23. The maximum atomic E-state index is 12.0. The molecule has 2 rings (SSSR count). The van der Waals surface area contributed by atoms with Crippen molar-refractivity contribution in [2.24, 2.45) is 0 Å². The summed E-state index contributed by atoms with van der Waals surface area (Å²) in [6.07, 6.45) is 1.60. The molecule has 2 heterocycles. The van der Waals surface area contributed by atoms with Gasteiger partial charge in [0.05, 0.1) is 12.6 Å². The molecular weight excluding hydrogens is 248 g/mol. The van der Waals surface area contributed by atoms with E-state index in [2.05, 4.69) is 5.10 Å². The third-order valence-corrected chi connectivity index (χ3v) is 3.09. The molecule has 7 nitrogen and oxygen atoms in total. The first-order valence-corrected chi connectivity index (χ1v) is 5.95. The smallest absolute Gasteiger partial charge is 0.350 e. The van der Waals surface area contributed by atoms with Crippen molar-refractivity contribution in [1.82, 2.24) is 19.1 Å². The molecule has 19 heavy (non-hydrogen) atoms. The zero-order chi connectivity index (χ0) is 14.0. The summed E-state index contributed by atoms with van der Waals surface area (Å²) in [7, 11) is 1.59. The molecule has 0 aliphatic heterocycles. The number of hydrogen-bond donors (Lipinski definition) is 1. The number of amides is 1. The Bertz CT molecular complexity index is 646. The zero-order valence-electron chi connectivity index (χ0n) is 10.9. The molecule has 0 radical (unpaired) electrons. The summed E-state index contributed by atoms with van der Waals surface area (Å²) in [5.41, 5.74) is 0.146. The number of aromatic nitrogens is 3. The van der Waals surface area contributed by atoms with E-state index in [1.165, 1.54) is 9.30 Å².